The van der Waals surface area contributed by atoms with Crippen molar-refractivity contribution in [2.75, 3.05) is 99.0 Å². The van der Waals surface area contributed by atoms with Crippen molar-refractivity contribution in [2.45, 2.75) is 97.1 Å². The van der Waals surface area contributed by atoms with Crippen LogP contribution in [-0.2, 0) is 30.5 Å². The van der Waals surface area contributed by atoms with Crippen LogP contribution in [0.25, 0.3) is 5.57 Å². The minimum absolute atomic E-state index is 0.0637. The van der Waals surface area contributed by atoms with Crippen LogP contribution >= 0.6 is 22.9 Å². The molecule has 4 N–H and O–H groups in total. The van der Waals surface area contributed by atoms with Gasteiger partial charge in [-0.05, 0) is 125 Å². The smallest absolute Gasteiger partial charge is 0.336 e. The van der Waals surface area contributed by atoms with Crippen LogP contribution < -0.4 is 45.6 Å². The van der Waals surface area contributed by atoms with E-state index in [1.54, 1.807) is 29.2 Å². The fourth-order valence-corrected chi connectivity index (χ4v) is 14.2. The quantitative estimate of drug-likeness (QED) is 0.0675. The number of hydrogen-bond donors (Lipinski definition) is 4. The SMILES string of the molecule is Cc1nc(Nc2ncc(C(=O)Nc3c(C)cccc3Cl)s2)cc(N2CCN(CC(=O)N(CCNC(=O)c3ccc(C(=O)O)c(C4=c5cc6c7c(c5Oc5c4cc4c8c5CCCN8CCCC4)CCC[N+]=7CCCC6)c3)CCC3(C)N=N3)CC2)n1. The number of carbonyl (C=O) groups excluding carboxylic acids is 3. The van der Waals surface area contributed by atoms with Gasteiger partial charge in [0.15, 0.2) is 10.8 Å². The summed E-state index contributed by atoms with van der Waals surface area (Å²) in [6.45, 7) is 13.2. The fraction of sp³-hybridized carbons (Fsp3) is 0.429. The first-order chi connectivity index (χ1) is 40.7. The van der Waals surface area contributed by atoms with Gasteiger partial charge in [0, 0.05) is 123 Å². The summed E-state index contributed by atoms with van der Waals surface area (Å²) in [4.78, 5) is 78.2. The number of carboxylic acids is 1. The number of thiazole rings is 1. The lowest BCUT2D eigenvalue weighted by Gasteiger charge is -2.36. The summed E-state index contributed by atoms with van der Waals surface area (Å²) in [5.41, 5.74) is 9.80. The third-order valence-electron chi connectivity index (χ3n) is 17.6. The number of fused-ring (bicyclic) bond motifs is 4. The molecule has 0 aliphatic carbocycles. The summed E-state index contributed by atoms with van der Waals surface area (Å²) in [6, 6.07) is 16.8. The van der Waals surface area contributed by atoms with Crippen LogP contribution in [0.15, 0.2) is 71.0 Å². The Morgan fingerprint density at radius 2 is 1.61 bits per heavy atom. The van der Waals surface area contributed by atoms with Gasteiger partial charge in [-0.15, -0.1) is 0 Å². The van der Waals surface area contributed by atoms with E-state index in [0.717, 1.165) is 130 Å². The summed E-state index contributed by atoms with van der Waals surface area (Å²) in [5, 5.41) is 31.8. The Morgan fingerprint density at radius 3 is 2.43 bits per heavy atom. The monoisotopic (exact) mass is 1170 g/mol. The van der Waals surface area contributed by atoms with Crippen molar-refractivity contribution < 1.29 is 29.0 Å². The summed E-state index contributed by atoms with van der Waals surface area (Å²) in [6.07, 6.45) is 12.1. The van der Waals surface area contributed by atoms with Gasteiger partial charge in [-0.2, -0.15) is 10.2 Å². The molecule has 0 unspecified atom stereocenters. The second-order valence-corrected chi connectivity index (χ2v) is 24.8. The van der Waals surface area contributed by atoms with Crippen molar-refractivity contribution in [2.24, 2.45) is 10.2 Å². The van der Waals surface area contributed by atoms with Gasteiger partial charge in [-0.3, -0.25) is 19.3 Å². The van der Waals surface area contributed by atoms with Crippen LogP contribution in [-0.4, -0.2) is 138 Å². The Bertz CT molecular complexity index is 3830. The lowest BCUT2D eigenvalue weighted by molar-refractivity contribution is -0.132. The van der Waals surface area contributed by atoms with Gasteiger partial charge < -0.3 is 40.5 Å². The highest BCUT2D eigenvalue weighted by atomic mass is 35.5. The zero-order chi connectivity index (χ0) is 57.8. The van der Waals surface area contributed by atoms with Gasteiger partial charge in [0.2, 0.25) is 11.3 Å². The van der Waals surface area contributed by atoms with E-state index >= 15 is 0 Å². The second kappa shape index (κ2) is 23.0. The highest BCUT2D eigenvalue weighted by Crippen LogP contribution is 2.49. The number of hydrogen-bond acceptors (Lipinski definition) is 15. The molecule has 0 bridgehead atoms. The van der Waals surface area contributed by atoms with Crippen LogP contribution in [0.3, 0.4) is 0 Å². The lowest BCUT2D eigenvalue weighted by atomic mass is 9.82. The molecule has 21 heteroatoms. The van der Waals surface area contributed by atoms with E-state index < -0.39 is 11.6 Å². The van der Waals surface area contributed by atoms with Crippen molar-refractivity contribution in [1.29, 1.82) is 0 Å². The summed E-state index contributed by atoms with van der Waals surface area (Å²) in [7, 11) is 0. The van der Waals surface area contributed by atoms with E-state index in [9.17, 15) is 24.3 Å². The number of carbonyl (C=O) groups is 4. The van der Waals surface area contributed by atoms with Crippen molar-refractivity contribution >= 4 is 80.3 Å². The number of aromatic nitrogens is 3. The maximum atomic E-state index is 14.5. The number of rotatable bonds is 16. The highest BCUT2D eigenvalue weighted by molar-refractivity contribution is 7.17. The molecule has 19 nitrogen and oxygen atoms in total. The first-order valence-electron chi connectivity index (χ1n) is 29.7. The third-order valence-corrected chi connectivity index (χ3v) is 18.8. The average Bonchev–Trinajstić information content (AvgIpc) is 1.02. The number of aromatic carboxylic acids is 1. The molecular formula is C63H69ClN13O6S+. The topological polar surface area (TPSA) is 213 Å². The molecular weight excluding hydrogens is 1100 g/mol. The van der Waals surface area contributed by atoms with Gasteiger partial charge >= 0.3 is 5.97 Å². The number of benzene rings is 4. The van der Waals surface area contributed by atoms with Crippen molar-refractivity contribution in [1.82, 2.24) is 34.6 Å². The number of aryl methyl sites for hydroxylation is 4. The largest absolute Gasteiger partial charge is 0.478 e. The van der Waals surface area contributed by atoms with Gasteiger partial charge in [0.1, 0.15) is 46.9 Å². The Kier molecular flexibility index (Phi) is 15.2. The minimum atomic E-state index is -1.06. The molecule has 3 amide bonds. The van der Waals surface area contributed by atoms with E-state index in [-0.39, 0.29) is 42.9 Å². The number of piperazine rings is 1. The van der Waals surface area contributed by atoms with Gasteiger partial charge in [-0.1, -0.05) is 35.1 Å². The zero-order valence-corrected chi connectivity index (χ0v) is 49.4. The Hall–Kier alpha value is -7.81. The summed E-state index contributed by atoms with van der Waals surface area (Å²) < 4.78 is 9.86. The third kappa shape index (κ3) is 11.1. The molecule has 7 aliphatic heterocycles. The molecule has 0 saturated carbocycles. The molecule has 9 heterocycles. The number of carboxylic acid groups (broad SMARTS) is 1. The minimum Gasteiger partial charge on any atom is -0.478 e. The van der Waals surface area contributed by atoms with Crippen molar-refractivity contribution in [3.8, 4) is 11.5 Å². The number of para-hydroxylation sites is 1. The molecule has 0 radical (unpaired) electrons. The molecule has 13 rings (SSSR count). The van der Waals surface area contributed by atoms with Crippen LogP contribution in [0.5, 0.6) is 11.5 Å². The zero-order valence-electron chi connectivity index (χ0n) is 47.8. The molecule has 0 spiro atoms. The first kappa shape index (κ1) is 55.4. The average molecular weight is 1170 g/mol. The van der Waals surface area contributed by atoms with Crippen LogP contribution in [0, 0.1) is 13.8 Å². The van der Waals surface area contributed by atoms with Gasteiger partial charge in [0.25, 0.3) is 11.8 Å². The van der Waals surface area contributed by atoms with Gasteiger partial charge in [-0.25, -0.2) is 24.3 Å². The van der Waals surface area contributed by atoms with Gasteiger partial charge in [0.05, 0.1) is 34.6 Å². The molecule has 1 saturated heterocycles. The molecule has 7 aliphatic rings. The second-order valence-electron chi connectivity index (χ2n) is 23.4. The van der Waals surface area contributed by atoms with E-state index in [1.807, 2.05) is 39.0 Å². The van der Waals surface area contributed by atoms with Crippen molar-refractivity contribution in [3.63, 3.8) is 0 Å². The number of ether oxygens (including phenoxy) is 1. The molecule has 2 aromatic heterocycles. The number of halogens is 1. The number of nitrogens with zero attached hydrogens (tertiary/aromatic N) is 10. The molecule has 434 valence electrons. The van der Waals surface area contributed by atoms with E-state index in [1.165, 1.54) is 50.8 Å². The molecule has 6 aromatic rings. The Labute approximate surface area is 496 Å². The first-order valence-corrected chi connectivity index (χ1v) is 30.9. The molecule has 0 atom stereocenters. The number of nitrogens with one attached hydrogen (secondary N) is 3. The standard InChI is InChI=1S/C63H68ClN13O6S/c1-37-11-8-16-48(64)54(37)70-60(80)49-35-66-62(84-49)69-50-34-51(68-38(2)67-50)74-29-27-73(28-30-74)36-52(78)75(25-19-63(3)71-72-63)26-20-65-59(79)41-17-18-42(61(81)82)45(33-41)53-46-31-39-12-4-6-21-76-23-9-14-43(55(39)76)57(46)83-58-44-15-10-24-77-22-7-5-13-40(56(44)77)32-47(53)58/h8,11,16-18,31-35H,4-7,9-10,12-15,19-30,36H2,1-3H3,(H3-,65,66,67,68,69,70,79,80,81,82)/p+1. The number of anilines is 5. The highest BCUT2D eigenvalue weighted by Gasteiger charge is 2.38. The fourth-order valence-electron chi connectivity index (χ4n) is 13.2. The molecule has 1 fully saturated rings. The van der Waals surface area contributed by atoms with Crippen LogP contribution in [0.1, 0.15) is 127 Å². The number of amides is 3. The predicted molar refractivity (Wildman–Crippen MR) is 325 cm³/mol. The van der Waals surface area contributed by atoms with Crippen LogP contribution in [0.2, 0.25) is 5.02 Å². The summed E-state index contributed by atoms with van der Waals surface area (Å²) in [5.74, 6) is 1.69. The summed E-state index contributed by atoms with van der Waals surface area (Å²) >= 11 is 7.56. The van der Waals surface area contributed by atoms with E-state index in [0.29, 0.717) is 82.6 Å². The maximum Gasteiger partial charge on any atom is 0.336 e. The van der Waals surface area contributed by atoms with E-state index in [2.05, 4.69) is 67.6 Å². The normalized spacial score (nSPS) is 17.4. The van der Waals surface area contributed by atoms with Crippen molar-refractivity contribution in [3.05, 3.63) is 137 Å². The Morgan fingerprint density at radius 1 is 0.810 bits per heavy atom. The Balaban J connectivity index is 0.711. The predicted octanol–water partition coefficient (Wildman–Crippen LogP) is 8.07. The molecule has 84 heavy (non-hydrogen) atoms. The van der Waals surface area contributed by atoms with Crippen LogP contribution in [0.4, 0.5) is 28.1 Å². The van der Waals surface area contributed by atoms with E-state index in [4.69, 9.17) is 21.3 Å². The lowest BCUT2D eigenvalue weighted by Crippen LogP contribution is -2.51. The molecule has 4 aromatic carbocycles. The maximum absolute atomic E-state index is 14.5.